The summed E-state index contributed by atoms with van der Waals surface area (Å²) in [6, 6.07) is 8.72. The van der Waals surface area contributed by atoms with E-state index in [4.69, 9.17) is 0 Å². The number of carbonyl (C=O) groups excluding carboxylic acids is 2. The van der Waals surface area contributed by atoms with E-state index in [0.29, 0.717) is 23.1 Å². The summed E-state index contributed by atoms with van der Waals surface area (Å²) in [5.74, 6) is -5.55. The lowest BCUT2D eigenvalue weighted by Gasteiger charge is -2.41. The molecule has 1 N–H and O–H groups in total. The van der Waals surface area contributed by atoms with Crippen LogP contribution in [0.2, 0.25) is 0 Å². The first-order valence-electron chi connectivity index (χ1n) is 10.6. The first-order chi connectivity index (χ1) is 17.3. The van der Waals surface area contributed by atoms with Crippen molar-refractivity contribution in [3.05, 3.63) is 89.5 Å². The third kappa shape index (κ3) is 5.98. The number of halogens is 7. The number of fused-ring (bicyclic) bond motifs is 1. The molecule has 0 radical (unpaired) electrons. The highest BCUT2D eigenvalue weighted by atomic mass is 19.4. The number of nitrogens with zero attached hydrogens (tertiary/aromatic N) is 2. The van der Waals surface area contributed by atoms with Gasteiger partial charge in [0.2, 0.25) is 5.91 Å². The van der Waals surface area contributed by atoms with E-state index in [-0.39, 0.29) is 16.7 Å². The number of alkyl halides is 6. The van der Waals surface area contributed by atoms with Crippen LogP contribution in [0.3, 0.4) is 0 Å². The molecule has 194 valence electrons. The molecule has 37 heavy (non-hydrogen) atoms. The minimum Gasteiger partial charge on any atom is -0.406 e. The smallest absolute Gasteiger partial charge is 0.406 e. The molecule has 1 aromatic heterocycles. The molecular formula is C24H16F7N3O3. The molecule has 0 unspecified atom stereocenters. The Balaban J connectivity index is 1.80. The number of benzene rings is 2. The maximum Gasteiger partial charge on any atom is 0.573 e. The predicted octanol–water partition coefficient (Wildman–Crippen LogP) is 5.60. The molecule has 1 aliphatic rings. The average Bonchev–Trinajstić information content (AvgIpc) is 2.79. The Morgan fingerprint density at radius 2 is 1.76 bits per heavy atom. The number of nitrogens with one attached hydrogen (secondary N) is 1. The third-order valence-corrected chi connectivity index (χ3v) is 5.47. The summed E-state index contributed by atoms with van der Waals surface area (Å²) in [7, 11) is 0. The molecule has 2 atom stereocenters. The molecule has 1 aliphatic heterocycles. The van der Waals surface area contributed by atoms with E-state index < -0.39 is 60.1 Å². The van der Waals surface area contributed by atoms with Crippen LogP contribution in [0.1, 0.15) is 33.4 Å². The molecule has 0 saturated carbocycles. The van der Waals surface area contributed by atoms with Crippen molar-refractivity contribution in [3.63, 3.8) is 0 Å². The number of amides is 2. The summed E-state index contributed by atoms with van der Waals surface area (Å²) >= 11 is 0. The topological polar surface area (TPSA) is 71.5 Å². The zero-order chi connectivity index (χ0) is 27.0. The molecule has 3 aromatic rings. The van der Waals surface area contributed by atoms with Crippen molar-refractivity contribution >= 4 is 17.5 Å². The number of pyridine rings is 1. The van der Waals surface area contributed by atoms with Crippen LogP contribution >= 0.6 is 0 Å². The second-order valence-corrected chi connectivity index (χ2v) is 8.06. The first kappa shape index (κ1) is 25.9. The molecule has 13 heteroatoms. The summed E-state index contributed by atoms with van der Waals surface area (Å²) < 4.78 is 96.1. The van der Waals surface area contributed by atoms with Crippen molar-refractivity contribution in [2.75, 3.05) is 11.9 Å². The molecule has 0 saturated heterocycles. The van der Waals surface area contributed by atoms with Crippen molar-refractivity contribution in [3.8, 4) is 5.75 Å². The van der Waals surface area contributed by atoms with Crippen LogP contribution in [0, 0.1) is 5.82 Å². The molecular weight excluding hydrogens is 511 g/mol. The number of ether oxygens (including phenoxy) is 1. The van der Waals surface area contributed by atoms with Gasteiger partial charge in [0, 0.05) is 35.8 Å². The summed E-state index contributed by atoms with van der Waals surface area (Å²) in [6.07, 6.45) is -7.41. The molecule has 4 rings (SSSR count). The summed E-state index contributed by atoms with van der Waals surface area (Å²) in [4.78, 5) is 31.0. The maximum absolute atomic E-state index is 14.0. The van der Waals surface area contributed by atoms with Gasteiger partial charge in [0.1, 0.15) is 18.1 Å². The van der Waals surface area contributed by atoms with Crippen molar-refractivity contribution in [2.45, 2.75) is 24.5 Å². The van der Waals surface area contributed by atoms with Crippen LogP contribution in [0.25, 0.3) is 0 Å². The van der Waals surface area contributed by atoms with E-state index in [9.17, 15) is 40.3 Å². The summed E-state index contributed by atoms with van der Waals surface area (Å²) in [6.45, 7) is -1.69. The molecule has 2 heterocycles. The third-order valence-electron chi connectivity index (χ3n) is 5.47. The Bertz CT molecular complexity index is 1310. The fourth-order valence-corrected chi connectivity index (χ4v) is 4.21. The molecule has 2 amide bonds. The van der Waals surface area contributed by atoms with Crippen LogP contribution in [0.5, 0.6) is 5.75 Å². The van der Waals surface area contributed by atoms with Gasteiger partial charge in [-0.25, -0.2) is 4.39 Å². The second kappa shape index (κ2) is 9.71. The van der Waals surface area contributed by atoms with Crippen molar-refractivity contribution < 1.29 is 45.1 Å². The van der Waals surface area contributed by atoms with Gasteiger partial charge in [-0.1, -0.05) is 24.3 Å². The van der Waals surface area contributed by atoms with E-state index in [1.54, 1.807) is 0 Å². The van der Waals surface area contributed by atoms with Gasteiger partial charge in [0.25, 0.3) is 5.91 Å². The fraction of sp³-hybridized carbons (Fsp3) is 0.208. The standard InChI is InChI=1S/C24H16F7N3O3/c25-14-8-15(10-16(9-14)37-24(29,30)31)33-21(35)19-17-5-1-2-6-18(17)22(36)34(12-23(26,27)28)20(19)13-4-3-7-32-11-13/h1-11,19-20H,12H2,(H,33,35)/t19-,20+/m1/s1. The minimum absolute atomic E-state index is 0.0837. The zero-order valence-corrected chi connectivity index (χ0v) is 18.5. The van der Waals surface area contributed by atoms with E-state index in [1.807, 2.05) is 0 Å². The van der Waals surface area contributed by atoms with Crippen LogP contribution in [-0.4, -0.2) is 40.8 Å². The second-order valence-electron chi connectivity index (χ2n) is 8.06. The van der Waals surface area contributed by atoms with Gasteiger partial charge >= 0.3 is 12.5 Å². The zero-order valence-electron chi connectivity index (χ0n) is 18.5. The van der Waals surface area contributed by atoms with Gasteiger partial charge in [-0.05, 0) is 29.3 Å². The monoisotopic (exact) mass is 527 g/mol. The number of aromatic nitrogens is 1. The fourth-order valence-electron chi connectivity index (χ4n) is 4.21. The van der Waals surface area contributed by atoms with E-state index in [2.05, 4.69) is 15.0 Å². The molecule has 0 spiro atoms. The van der Waals surface area contributed by atoms with Gasteiger partial charge in [-0.3, -0.25) is 14.6 Å². The number of rotatable bonds is 5. The normalized spacial score (nSPS) is 17.8. The van der Waals surface area contributed by atoms with Gasteiger partial charge in [-0.2, -0.15) is 13.2 Å². The lowest BCUT2D eigenvalue weighted by Crippen LogP contribution is -2.49. The van der Waals surface area contributed by atoms with Gasteiger partial charge in [-0.15, -0.1) is 13.2 Å². The Morgan fingerprint density at radius 3 is 2.41 bits per heavy atom. The van der Waals surface area contributed by atoms with Crippen LogP contribution in [0.15, 0.2) is 67.0 Å². The van der Waals surface area contributed by atoms with Crippen molar-refractivity contribution in [1.29, 1.82) is 0 Å². The maximum atomic E-state index is 14.0. The molecule has 2 aromatic carbocycles. The SMILES string of the molecule is O=C(Nc1cc(F)cc(OC(F)(F)F)c1)[C@@H]1c2ccccc2C(=O)N(CC(F)(F)F)[C@H]1c1cccnc1. The average molecular weight is 527 g/mol. The predicted molar refractivity (Wildman–Crippen MR) is 115 cm³/mol. The molecule has 0 bridgehead atoms. The highest BCUT2D eigenvalue weighted by molar-refractivity contribution is 6.04. The quantitative estimate of drug-likeness (QED) is 0.439. The van der Waals surface area contributed by atoms with Crippen molar-refractivity contribution in [2.24, 2.45) is 0 Å². The number of hydrogen-bond donors (Lipinski definition) is 1. The largest absolute Gasteiger partial charge is 0.573 e. The van der Waals surface area contributed by atoms with Crippen LogP contribution in [0.4, 0.5) is 36.4 Å². The van der Waals surface area contributed by atoms with Crippen LogP contribution in [-0.2, 0) is 4.79 Å². The minimum atomic E-state index is -5.14. The lowest BCUT2D eigenvalue weighted by atomic mass is 9.79. The molecule has 6 nitrogen and oxygen atoms in total. The summed E-state index contributed by atoms with van der Waals surface area (Å²) in [5, 5.41) is 2.25. The Kier molecular flexibility index (Phi) is 6.80. The Morgan fingerprint density at radius 1 is 1.03 bits per heavy atom. The van der Waals surface area contributed by atoms with Gasteiger partial charge in [0.05, 0.1) is 12.0 Å². The van der Waals surface area contributed by atoms with Gasteiger partial charge in [0.15, 0.2) is 0 Å². The Labute approximate surface area is 204 Å². The lowest BCUT2D eigenvalue weighted by molar-refractivity contribution is -0.274. The summed E-state index contributed by atoms with van der Waals surface area (Å²) in [5.41, 5.74) is -0.408. The van der Waals surface area contributed by atoms with E-state index in [0.717, 1.165) is 0 Å². The molecule has 0 fully saturated rings. The van der Waals surface area contributed by atoms with Crippen molar-refractivity contribution in [1.82, 2.24) is 9.88 Å². The number of carbonyl (C=O) groups is 2. The molecule has 0 aliphatic carbocycles. The van der Waals surface area contributed by atoms with Crippen LogP contribution < -0.4 is 10.1 Å². The first-order valence-corrected chi connectivity index (χ1v) is 10.6. The Hall–Kier alpha value is -4.16. The number of hydrogen-bond acceptors (Lipinski definition) is 4. The highest BCUT2D eigenvalue weighted by Crippen LogP contribution is 2.44. The highest BCUT2D eigenvalue weighted by Gasteiger charge is 2.47. The van der Waals surface area contributed by atoms with E-state index in [1.165, 1.54) is 48.8 Å². The number of anilines is 1. The van der Waals surface area contributed by atoms with Gasteiger partial charge < -0.3 is 15.0 Å². The van der Waals surface area contributed by atoms with E-state index >= 15 is 0 Å².